The number of nitrogens with one attached hydrogen (secondary N) is 2. The van der Waals surface area contributed by atoms with E-state index in [0.717, 1.165) is 50.7 Å². The van der Waals surface area contributed by atoms with Crippen molar-refractivity contribution in [2.75, 3.05) is 5.32 Å². The van der Waals surface area contributed by atoms with Crippen LogP contribution in [-0.4, -0.2) is 25.4 Å². The summed E-state index contributed by atoms with van der Waals surface area (Å²) in [6.45, 7) is 2.68. The summed E-state index contributed by atoms with van der Waals surface area (Å²) in [5, 5.41) is 6.52. The Balaban J connectivity index is 1.18. The predicted octanol–water partition coefficient (Wildman–Crippen LogP) is 6.96. The highest BCUT2D eigenvalue weighted by Gasteiger charge is 2.15. The highest BCUT2D eigenvalue weighted by Crippen LogP contribution is 2.31. The number of aromatic nitrogens is 4. The molecule has 0 atom stereocenters. The first kappa shape index (κ1) is 21.6. The number of carbonyl (C=O) groups is 1. The summed E-state index contributed by atoms with van der Waals surface area (Å²) in [4.78, 5) is 26.4. The zero-order chi connectivity index (χ0) is 24.9. The molecule has 0 bridgehead atoms. The minimum Gasteiger partial charge on any atom is -0.354 e. The lowest BCUT2D eigenvalue weighted by atomic mass is 10.1. The first-order chi connectivity index (χ1) is 18.2. The van der Waals surface area contributed by atoms with Gasteiger partial charge in [-0.25, -0.2) is 9.97 Å². The molecule has 6 nitrogen and oxygen atoms in total. The summed E-state index contributed by atoms with van der Waals surface area (Å²) in [6.07, 6.45) is 1.30. The van der Waals surface area contributed by atoms with Gasteiger partial charge in [-0.2, -0.15) is 0 Å². The molecule has 3 aromatic heterocycles. The van der Waals surface area contributed by atoms with Gasteiger partial charge in [-0.15, -0.1) is 0 Å². The topological polar surface area (TPSA) is 75.6 Å². The summed E-state index contributed by atoms with van der Waals surface area (Å²) in [6, 6.07) is 28.5. The minimum atomic E-state index is -0.0376. The molecule has 4 aromatic carbocycles. The molecule has 6 heteroatoms. The molecule has 7 aromatic rings. The molecule has 1 amide bonds. The van der Waals surface area contributed by atoms with Crippen LogP contribution in [0.4, 0.5) is 5.69 Å². The van der Waals surface area contributed by atoms with E-state index in [0.29, 0.717) is 13.0 Å². The molecule has 0 aliphatic heterocycles. The number of hydrogen-bond donors (Lipinski definition) is 2. The van der Waals surface area contributed by atoms with Crippen LogP contribution >= 0.6 is 0 Å². The van der Waals surface area contributed by atoms with Gasteiger partial charge in [-0.3, -0.25) is 4.79 Å². The number of fused-ring (bicyclic) bond motifs is 7. The van der Waals surface area contributed by atoms with Crippen molar-refractivity contribution in [3.8, 4) is 0 Å². The van der Waals surface area contributed by atoms with E-state index in [2.05, 4.69) is 58.2 Å². The van der Waals surface area contributed by atoms with Crippen LogP contribution in [0.3, 0.4) is 0 Å². The molecular formula is C31H25N5O. The molecule has 0 saturated heterocycles. The fourth-order valence-electron chi connectivity index (χ4n) is 5.41. The van der Waals surface area contributed by atoms with E-state index in [1.54, 1.807) is 0 Å². The molecule has 0 unspecified atom stereocenters. The number of para-hydroxylation sites is 4. The molecule has 180 valence electrons. The maximum atomic E-state index is 13.0. The Labute approximate surface area is 213 Å². The number of hydrogen-bond acceptors (Lipinski definition) is 3. The van der Waals surface area contributed by atoms with Crippen LogP contribution in [0.2, 0.25) is 0 Å². The molecule has 0 aliphatic rings. The number of carbonyl (C=O) groups excluding carboxylic acids is 1. The van der Waals surface area contributed by atoms with Crippen molar-refractivity contribution < 1.29 is 4.79 Å². The Kier molecular flexibility index (Phi) is 4.92. The van der Waals surface area contributed by atoms with E-state index in [-0.39, 0.29) is 5.91 Å². The van der Waals surface area contributed by atoms with Gasteiger partial charge in [-0.1, -0.05) is 61.5 Å². The Hall–Kier alpha value is -4.71. The number of aryl methyl sites for hydroxylation is 2. The fraction of sp³-hybridized carbons (Fsp3) is 0.129. The number of aromatic amines is 1. The lowest BCUT2D eigenvalue weighted by Gasteiger charge is -2.08. The third kappa shape index (κ3) is 3.52. The second kappa shape index (κ2) is 8.45. The van der Waals surface area contributed by atoms with Gasteiger partial charge >= 0.3 is 0 Å². The summed E-state index contributed by atoms with van der Waals surface area (Å²) in [5.41, 5.74) is 8.70. The van der Waals surface area contributed by atoms with Gasteiger partial charge in [0.2, 0.25) is 5.91 Å². The second-order valence-corrected chi connectivity index (χ2v) is 9.43. The van der Waals surface area contributed by atoms with E-state index < -0.39 is 0 Å². The van der Waals surface area contributed by atoms with Gasteiger partial charge in [0.05, 0.1) is 16.6 Å². The van der Waals surface area contributed by atoms with Gasteiger partial charge in [0.15, 0.2) is 5.65 Å². The third-order valence-corrected chi connectivity index (χ3v) is 7.21. The molecule has 7 rings (SSSR count). The lowest BCUT2D eigenvalue weighted by Crippen LogP contribution is -2.14. The standard InChI is InChI=1S/C31H25N5O/c1-2-19-8-7-10-22-21-15-14-20(18-26(21)34-29(19)22)32-28(37)16-17-36-27-13-6-3-9-23(27)30-31(36)35-25-12-5-4-11-24(25)33-30/h3-15,18,34H,2,16-17H2,1H3,(H,32,37). The van der Waals surface area contributed by atoms with Crippen LogP contribution < -0.4 is 5.32 Å². The van der Waals surface area contributed by atoms with Crippen molar-refractivity contribution in [2.45, 2.75) is 26.3 Å². The Bertz CT molecular complexity index is 1980. The van der Waals surface area contributed by atoms with Crippen LogP contribution in [0.1, 0.15) is 18.9 Å². The van der Waals surface area contributed by atoms with Crippen molar-refractivity contribution >= 4 is 66.5 Å². The van der Waals surface area contributed by atoms with Crippen LogP contribution in [0.25, 0.3) is 54.9 Å². The minimum absolute atomic E-state index is 0.0376. The Morgan fingerprint density at radius 3 is 2.51 bits per heavy atom. The van der Waals surface area contributed by atoms with E-state index >= 15 is 0 Å². The largest absolute Gasteiger partial charge is 0.354 e. The van der Waals surface area contributed by atoms with Gasteiger partial charge in [0, 0.05) is 45.8 Å². The molecular weight excluding hydrogens is 458 g/mol. The Morgan fingerprint density at radius 2 is 1.65 bits per heavy atom. The molecule has 0 spiro atoms. The summed E-state index contributed by atoms with van der Waals surface area (Å²) >= 11 is 0. The lowest BCUT2D eigenvalue weighted by molar-refractivity contribution is -0.116. The van der Waals surface area contributed by atoms with Crippen LogP contribution in [0, 0.1) is 0 Å². The van der Waals surface area contributed by atoms with Crippen LogP contribution in [0.5, 0.6) is 0 Å². The Morgan fingerprint density at radius 1 is 0.865 bits per heavy atom. The van der Waals surface area contributed by atoms with Crippen molar-refractivity contribution in [1.29, 1.82) is 0 Å². The van der Waals surface area contributed by atoms with Crippen molar-refractivity contribution in [3.05, 3.63) is 90.5 Å². The number of nitrogens with zero attached hydrogens (tertiary/aromatic N) is 3. The summed E-state index contributed by atoms with van der Waals surface area (Å²) in [7, 11) is 0. The van der Waals surface area contributed by atoms with E-state index in [9.17, 15) is 4.79 Å². The molecule has 0 fully saturated rings. The average Bonchev–Trinajstić information content (AvgIpc) is 3.45. The van der Waals surface area contributed by atoms with Gasteiger partial charge in [0.1, 0.15) is 5.52 Å². The van der Waals surface area contributed by atoms with E-state index in [4.69, 9.17) is 9.97 Å². The van der Waals surface area contributed by atoms with Crippen molar-refractivity contribution in [3.63, 3.8) is 0 Å². The zero-order valence-electron chi connectivity index (χ0n) is 20.5. The van der Waals surface area contributed by atoms with Crippen LogP contribution in [-0.2, 0) is 17.8 Å². The SMILES string of the molecule is CCc1cccc2c1[nH]c1cc(NC(=O)CCn3c4ccccc4c4nc5ccccc5nc43)ccc12. The third-order valence-electron chi connectivity index (χ3n) is 7.21. The monoisotopic (exact) mass is 483 g/mol. The smallest absolute Gasteiger partial charge is 0.226 e. The zero-order valence-corrected chi connectivity index (χ0v) is 20.5. The molecule has 0 radical (unpaired) electrons. The number of H-pyrrole nitrogens is 1. The van der Waals surface area contributed by atoms with Crippen molar-refractivity contribution in [1.82, 2.24) is 19.5 Å². The molecule has 0 saturated carbocycles. The first-order valence-corrected chi connectivity index (χ1v) is 12.7. The number of rotatable bonds is 5. The summed E-state index contributed by atoms with van der Waals surface area (Å²) < 4.78 is 2.11. The molecule has 37 heavy (non-hydrogen) atoms. The highest BCUT2D eigenvalue weighted by molar-refractivity contribution is 6.10. The van der Waals surface area contributed by atoms with Crippen molar-refractivity contribution in [2.24, 2.45) is 0 Å². The van der Waals surface area contributed by atoms with E-state index in [1.165, 1.54) is 21.9 Å². The fourth-order valence-corrected chi connectivity index (χ4v) is 5.41. The number of benzene rings is 4. The number of amides is 1. The molecule has 3 heterocycles. The number of anilines is 1. The molecule has 0 aliphatic carbocycles. The first-order valence-electron chi connectivity index (χ1n) is 12.7. The van der Waals surface area contributed by atoms with Crippen LogP contribution in [0.15, 0.2) is 84.9 Å². The van der Waals surface area contributed by atoms with Gasteiger partial charge in [0.25, 0.3) is 0 Å². The maximum Gasteiger partial charge on any atom is 0.226 e. The van der Waals surface area contributed by atoms with Gasteiger partial charge < -0.3 is 14.9 Å². The summed E-state index contributed by atoms with van der Waals surface area (Å²) in [5.74, 6) is -0.0376. The average molecular weight is 484 g/mol. The maximum absolute atomic E-state index is 13.0. The predicted molar refractivity (Wildman–Crippen MR) is 151 cm³/mol. The second-order valence-electron chi connectivity index (χ2n) is 9.43. The van der Waals surface area contributed by atoms with Gasteiger partial charge in [-0.05, 0) is 42.3 Å². The molecule has 2 N–H and O–H groups in total. The normalized spacial score (nSPS) is 11.8. The quantitative estimate of drug-likeness (QED) is 0.278. The van der Waals surface area contributed by atoms with E-state index in [1.807, 2.05) is 48.5 Å². The highest BCUT2D eigenvalue weighted by atomic mass is 16.1.